The van der Waals surface area contributed by atoms with Crippen molar-refractivity contribution >= 4 is 11.7 Å². The molecular weight excluding hydrogens is 159 g/mol. The number of amides is 2. The second kappa shape index (κ2) is 3.21. The van der Waals surface area contributed by atoms with Crippen LogP contribution >= 0.6 is 0 Å². The van der Waals surface area contributed by atoms with Crippen molar-refractivity contribution in [3.63, 3.8) is 0 Å². The zero-order chi connectivity index (χ0) is 9.14. The summed E-state index contributed by atoms with van der Waals surface area (Å²) in [6.07, 6.45) is 0. The number of benzene rings is 1. The Balaban J connectivity index is 3.04. The van der Waals surface area contributed by atoms with E-state index in [9.17, 15) is 9.18 Å². The molecule has 0 saturated heterocycles. The van der Waals surface area contributed by atoms with Crippen LogP contribution in [0.4, 0.5) is 14.9 Å². The highest BCUT2D eigenvalue weighted by Gasteiger charge is 2.05. The molecule has 0 aliphatic rings. The van der Waals surface area contributed by atoms with Crippen LogP contribution < -0.4 is 11.1 Å². The molecule has 0 heterocycles. The highest BCUT2D eigenvalue weighted by molar-refractivity contribution is 5.88. The predicted octanol–water partition coefficient (Wildman–Crippen LogP) is 1.62. The van der Waals surface area contributed by atoms with E-state index in [1.54, 1.807) is 19.1 Å². The average Bonchev–Trinajstić information content (AvgIpc) is 1.97. The van der Waals surface area contributed by atoms with Gasteiger partial charge in [0.1, 0.15) is 5.82 Å². The van der Waals surface area contributed by atoms with Gasteiger partial charge in [-0.3, -0.25) is 0 Å². The van der Waals surface area contributed by atoms with Crippen molar-refractivity contribution in [1.29, 1.82) is 0 Å². The minimum absolute atomic E-state index is 0.144. The number of aryl methyl sites for hydroxylation is 1. The van der Waals surface area contributed by atoms with E-state index in [0.29, 0.717) is 5.56 Å². The van der Waals surface area contributed by atoms with Crippen molar-refractivity contribution in [3.05, 3.63) is 29.6 Å². The third kappa shape index (κ3) is 1.72. The summed E-state index contributed by atoms with van der Waals surface area (Å²) in [5.74, 6) is -0.478. The van der Waals surface area contributed by atoms with E-state index in [1.807, 2.05) is 0 Å². The number of primary amides is 1. The first-order chi connectivity index (χ1) is 5.61. The van der Waals surface area contributed by atoms with E-state index in [1.165, 1.54) is 6.07 Å². The van der Waals surface area contributed by atoms with Crippen molar-refractivity contribution in [3.8, 4) is 0 Å². The van der Waals surface area contributed by atoms with Crippen molar-refractivity contribution in [1.82, 2.24) is 0 Å². The zero-order valence-corrected chi connectivity index (χ0v) is 6.60. The lowest BCUT2D eigenvalue weighted by atomic mass is 10.2. The lowest BCUT2D eigenvalue weighted by molar-refractivity contribution is 0.259. The van der Waals surface area contributed by atoms with Gasteiger partial charge in [-0.15, -0.1) is 0 Å². The molecule has 0 spiro atoms. The Morgan fingerprint density at radius 3 is 2.75 bits per heavy atom. The minimum Gasteiger partial charge on any atom is -0.351 e. The number of carbonyl (C=O) groups is 1. The normalized spacial score (nSPS) is 9.50. The van der Waals surface area contributed by atoms with E-state index < -0.39 is 11.8 Å². The van der Waals surface area contributed by atoms with E-state index in [-0.39, 0.29) is 5.69 Å². The van der Waals surface area contributed by atoms with Crippen molar-refractivity contribution < 1.29 is 9.18 Å². The van der Waals surface area contributed by atoms with Crippen LogP contribution in [-0.2, 0) is 0 Å². The SMILES string of the molecule is Cc1cccc(F)c1NC(N)=O. The van der Waals surface area contributed by atoms with Crippen molar-refractivity contribution in [2.45, 2.75) is 6.92 Å². The lowest BCUT2D eigenvalue weighted by Crippen LogP contribution is -2.20. The number of urea groups is 1. The average molecular weight is 168 g/mol. The molecule has 3 N–H and O–H groups in total. The van der Waals surface area contributed by atoms with Crippen LogP contribution in [0.25, 0.3) is 0 Å². The van der Waals surface area contributed by atoms with E-state index >= 15 is 0 Å². The van der Waals surface area contributed by atoms with Gasteiger partial charge < -0.3 is 11.1 Å². The van der Waals surface area contributed by atoms with Crippen LogP contribution in [0, 0.1) is 12.7 Å². The molecule has 0 radical (unpaired) electrons. The van der Waals surface area contributed by atoms with Gasteiger partial charge in [-0.25, -0.2) is 9.18 Å². The topological polar surface area (TPSA) is 55.1 Å². The molecule has 2 amide bonds. The molecule has 4 heteroatoms. The molecule has 1 aromatic carbocycles. The number of hydrogen-bond acceptors (Lipinski definition) is 1. The molecule has 0 aliphatic heterocycles. The Labute approximate surface area is 69.4 Å². The van der Waals surface area contributed by atoms with Gasteiger partial charge in [-0.2, -0.15) is 0 Å². The fourth-order valence-electron chi connectivity index (χ4n) is 0.913. The molecule has 12 heavy (non-hydrogen) atoms. The number of rotatable bonds is 1. The number of anilines is 1. The van der Waals surface area contributed by atoms with Crippen LogP contribution in [0.1, 0.15) is 5.56 Å². The standard InChI is InChI=1S/C8H9FN2O/c1-5-3-2-4-6(9)7(5)11-8(10)12/h2-4H,1H3,(H3,10,11,12). The first-order valence-electron chi connectivity index (χ1n) is 3.43. The Morgan fingerprint density at radius 1 is 1.58 bits per heavy atom. The fraction of sp³-hybridized carbons (Fsp3) is 0.125. The van der Waals surface area contributed by atoms with Crippen LogP contribution in [-0.4, -0.2) is 6.03 Å². The van der Waals surface area contributed by atoms with E-state index in [0.717, 1.165) is 0 Å². The molecule has 0 aliphatic carbocycles. The molecule has 0 fully saturated rings. The molecule has 0 bridgehead atoms. The summed E-state index contributed by atoms with van der Waals surface area (Å²) in [6.45, 7) is 1.69. The summed E-state index contributed by atoms with van der Waals surface area (Å²) >= 11 is 0. The Kier molecular flexibility index (Phi) is 2.28. The maximum Gasteiger partial charge on any atom is 0.316 e. The van der Waals surface area contributed by atoms with Gasteiger partial charge >= 0.3 is 6.03 Å². The van der Waals surface area contributed by atoms with Crippen molar-refractivity contribution in [2.75, 3.05) is 5.32 Å². The number of halogens is 1. The Morgan fingerprint density at radius 2 is 2.25 bits per heavy atom. The summed E-state index contributed by atoms with van der Waals surface area (Å²) in [4.78, 5) is 10.4. The van der Waals surface area contributed by atoms with Gasteiger partial charge in [0.2, 0.25) is 0 Å². The quantitative estimate of drug-likeness (QED) is 0.657. The number of carbonyl (C=O) groups excluding carboxylic acids is 1. The van der Waals surface area contributed by atoms with Gasteiger partial charge in [0.25, 0.3) is 0 Å². The molecule has 1 aromatic rings. The zero-order valence-electron chi connectivity index (χ0n) is 6.60. The number of nitrogens with two attached hydrogens (primary N) is 1. The number of para-hydroxylation sites is 1. The van der Waals surface area contributed by atoms with Gasteiger partial charge in [0, 0.05) is 0 Å². The number of nitrogens with one attached hydrogen (secondary N) is 1. The molecule has 0 saturated carbocycles. The van der Waals surface area contributed by atoms with Gasteiger partial charge in [-0.1, -0.05) is 12.1 Å². The van der Waals surface area contributed by atoms with Gasteiger partial charge in [0.15, 0.2) is 0 Å². The van der Waals surface area contributed by atoms with Crippen LogP contribution in [0.3, 0.4) is 0 Å². The summed E-state index contributed by atoms with van der Waals surface area (Å²) < 4.78 is 12.9. The number of hydrogen-bond donors (Lipinski definition) is 2. The van der Waals surface area contributed by atoms with Gasteiger partial charge in [0.05, 0.1) is 5.69 Å². The highest BCUT2D eigenvalue weighted by atomic mass is 19.1. The fourth-order valence-corrected chi connectivity index (χ4v) is 0.913. The van der Waals surface area contributed by atoms with E-state index in [2.05, 4.69) is 5.32 Å². The lowest BCUT2D eigenvalue weighted by Gasteiger charge is -2.05. The second-order valence-corrected chi connectivity index (χ2v) is 2.42. The molecule has 1 rings (SSSR count). The summed E-state index contributed by atoms with van der Waals surface area (Å²) in [7, 11) is 0. The Hall–Kier alpha value is -1.58. The third-order valence-corrected chi connectivity index (χ3v) is 1.47. The third-order valence-electron chi connectivity index (χ3n) is 1.47. The molecule has 3 nitrogen and oxygen atoms in total. The second-order valence-electron chi connectivity index (χ2n) is 2.42. The summed E-state index contributed by atoms with van der Waals surface area (Å²) in [5, 5.41) is 2.21. The van der Waals surface area contributed by atoms with Crippen LogP contribution in [0.15, 0.2) is 18.2 Å². The highest BCUT2D eigenvalue weighted by Crippen LogP contribution is 2.17. The minimum atomic E-state index is -0.761. The smallest absolute Gasteiger partial charge is 0.316 e. The molecule has 0 aromatic heterocycles. The molecule has 0 unspecified atom stereocenters. The Bertz CT molecular complexity index is 292. The van der Waals surface area contributed by atoms with Crippen LogP contribution in [0.5, 0.6) is 0 Å². The maximum atomic E-state index is 12.9. The summed E-state index contributed by atoms with van der Waals surface area (Å²) in [5.41, 5.74) is 5.64. The first kappa shape index (κ1) is 8.52. The molecular formula is C8H9FN2O. The molecule has 64 valence electrons. The van der Waals surface area contributed by atoms with E-state index in [4.69, 9.17) is 5.73 Å². The molecule has 0 atom stereocenters. The van der Waals surface area contributed by atoms with Gasteiger partial charge in [-0.05, 0) is 18.6 Å². The predicted molar refractivity (Wildman–Crippen MR) is 44.3 cm³/mol. The van der Waals surface area contributed by atoms with Crippen LogP contribution in [0.2, 0.25) is 0 Å². The largest absolute Gasteiger partial charge is 0.351 e. The maximum absolute atomic E-state index is 12.9. The summed E-state index contributed by atoms with van der Waals surface area (Å²) in [6, 6.07) is 3.76. The first-order valence-corrected chi connectivity index (χ1v) is 3.43. The van der Waals surface area contributed by atoms with Crippen molar-refractivity contribution in [2.24, 2.45) is 5.73 Å². The monoisotopic (exact) mass is 168 g/mol.